The van der Waals surface area contributed by atoms with Gasteiger partial charge < -0.3 is 15.4 Å². The van der Waals surface area contributed by atoms with E-state index in [0.717, 1.165) is 15.6 Å². The first kappa shape index (κ1) is 20.2. The van der Waals surface area contributed by atoms with Crippen molar-refractivity contribution in [2.45, 2.75) is 30.4 Å². The molecule has 0 saturated heterocycles. The van der Waals surface area contributed by atoms with Crippen LogP contribution in [0.4, 0.5) is 16.5 Å². The van der Waals surface area contributed by atoms with Gasteiger partial charge in [-0.05, 0) is 56.2 Å². The quantitative estimate of drug-likeness (QED) is 0.528. The van der Waals surface area contributed by atoms with E-state index in [1.54, 1.807) is 7.11 Å². The number of hydrogen-bond acceptors (Lipinski definition) is 7. The highest BCUT2D eigenvalue weighted by Crippen LogP contribution is 2.32. The number of aromatic nitrogens is 2. The Morgan fingerprint density at radius 1 is 1.14 bits per heavy atom. The molecular weight excluding hydrogens is 392 g/mol. The highest BCUT2D eigenvalue weighted by molar-refractivity contribution is 8.02. The van der Waals surface area contributed by atoms with Gasteiger partial charge in [0.25, 0.3) is 0 Å². The molecule has 1 heterocycles. The molecule has 1 atom stereocenters. The van der Waals surface area contributed by atoms with Gasteiger partial charge in [-0.1, -0.05) is 41.3 Å². The van der Waals surface area contributed by atoms with Gasteiger partial charge >= 0.3 is 0 Å². The number of benzene rings is 2. The normalized spacial score (nSPS) is 11.7. The number of carbonyl (C=O) groups is 1. The van der Waals surface area contributed by atoms with Gasteiger partial charge in [0, 0.05) is 5.69 Å². The molecule has 0 spiro atoms. The number of hydrogen-bond donors (Lipinski definition) is 2. The van der Waals surface area contributed by atoms with Crippen LogP contribution >= 0.6 is 23.1 Å². The van der Waals surface area contributed by atoms with Crippen molar-refractivity contribution in [1.82, 2.24) is 10.2 Å². The van der Waals surface area contributed by atoms with Crippen molar-refractivity contribution in [1.29, 1.82) is 0 Å². The summed E-state index contributed by atoms with van der Waals surface area (Å²) in [7, 11) is 1.59. The average molecular weight is 415 g/mol. The molecule has 0 aliphatic heterocycles. The molecule has 3 rings (SSSR count). The van der Waals surface area contributed by atoms with Crippen molar-refractivity contribution in [2.24, 2.45) is 0 Å². The van der Waals surface area contributed by atoms with Gasteiger partial charge in [0.1, 0.15) is 5.75 Å². The van der Waals surface area contributed by atoms with Crippen LogP contribution in [-0.4, -0.2) is 28.5 Å². The molecule has 0 saturated carbocycles. The molecule has 8 heteroatoms. The highest BCUT2D eigenvalue weighted by atomic mass is 32.2. The van der Waals surface area contributed by atoms with Crippen LogP contribution in [0, 0.1) is 13.8 Å². The van der Waals surface area contributed by atoms with E-state index in [9.17, 15) is 4.79 Å². The molecule has 146 valence electrons. The molecule has 28 heavy (non-hydrogen) atoms. The Kier molecular flexibility index (Phi) is 6.53. The maximum atomic E-state index is 12.6. The molecule has 1 amide bonds. The number of anilines is 3. The van der Waals surface area contributed by atoms with Crippen LogP contribution in [0.5, 0.6) is 5.75 Å². The number of thioether (sulfide) groups is 1. The second-order valence-electron chi connectivity index (χ2n) is 6.32. The van der Waals surface area contributed by atoms with Crippen molar-refractivity contribution in [3.8, 4) is 5.75 Å². The third-order valence-corrected chi connectivity index (χ3v) is 5.96. The molecule has 0 fully saturated rings. The van der Waals surface area contributed by atoms with Gasteiger partial charge in [-0.15, -0.1) is 10.2 Å². The summed E-state index contributed by atoms with van der Waals surface area (Å²) in [5.41, 5.74) is 3.84. The second-order valence-corrected chi connectivity index (χ2v) is 8.89. The first-order valence-corrected chi connectivity index (χ1v) is 10.4. The van der Waals surface area contributed by atoms with Crippen LogP contribution in [0.25, 0.3) is 0 Å². The zero-order valence-electron chi connectivity index (χ0n) is 16.1. The summed E-state index contributed by atoms with van der Waals surface area (Å²) < 4.78 is 6.05. The number of methoxy groups -OCH3 is 1. The minimum atomic E-state index is -0.329. The van der Waals surface area contributed by atoms with Gasteiger partial charge in [-0.25, -0.2) is 0 Å². The third kappa shape index (κ3) is 5.24. The smallest absolute Gasteiger partial charge is 0.237 e. The Balaban J connectivity index is 1.62. The summed E-state index contributed by atoms with van der Waals surface area (Å²) in [5.74, 6) is 0.522. The van der Waals surface area contributed by atoms with Crippen LogP contribution in [0.15, 0.2) is 46.8 Å². The topological polar surface area (TPSA) is 76.1 Å². The lowest BCUT2D eigenvalue weighted by molar-refractivity contribution is -0.115. The Morgan fingerprint density at radius 3 is 2.68 bits per heavy atom. The summed E-state index contributed by atoms with van der Waals surface area (Å²) in [6.45, 7) is 5.85. The van der Waals surface area contributed by atoms with Crippen LogP contribution in [0.2, 0.25) is 0 Å². The molecule has 0 aliphatic carbocycles. The van der Waals surface area contributed by atoms with Crippen molar-refractivity contribution in [3.63, 3.8) is 0 Å². The molecule has 3 aromatic rings. The minimum absolute atomic E-state index is 0.114. The van der Waals surface area contributed by atoms with Gasteiger partial charge in [0.2, 0.25) is 11.0 Å². The zero-order valence-corrected chi connectivity index (χ0v) is 17.8. The number of nitrogens with zero attached hydrogens (tertiary/aromatic N) is 2. The summed E-state index contributed by atoms with van der Waals surface area (Å²) in [5, 5.41) is 14.9. The number of amides is 1. The first-order valence-electron chi connectivity index (χ1n) is 8.74. The van der Waals surface area contributed by atoms with Crippen molar-refractivity contribution in [2.75, 3.05) is 17.7 Å². The van der Waals surface area contributed by atoms with Crippen LogP contribution in [-0.2, 0) is 4.79 Å². The summed E-state index contributed by atoms with van der Waals surface area (Å²) >= 11 is 2.80. The fraction of sp³-hybridized carbons (Fsp3) is 0.250. The Bertz CT molecular complexity index is 974. The van der Waals surface area contributed by atoms with Gasteiger partial charge in [-0.3, -0.25) is 4.79 Å². The Hall–Kier alpha value is -2.58. The molecule has 2 aromatic carbocycles. The second kappa shape index (κ2) is 9.07. The van der Waals surface area contributed by atoms with E-state index in [-0.39, 0.29) is 11.2 Å². The van der Waals surface area contributed by atoms with Crippen LogP contribution in [0.1, 0.15) is 18.1 Å². The van der Waals surface area contributed by atoms with E-state index in [4.69, 9.17) is 4.74 Å². The van der Waals surface area contributed by atoms with E-state index in [1.807, 2.05) is 63.2 Å². The van der Waals surface area contributed by atoms with E-state index in [2.05, 4.69) is 20.8 Å². The fourth-order valence-electron chi connectivity index (χ4n) is 2.51. The minimum Gasteiger partial charge on any atom is -0.495 e. The molecule has 0 radical (unpaired) electrons. The Morgan fingerprint density at radius 2 is 1.93 bits per heavy atom. The zero-order chi connectivity index (χ0) is 20.1. The van der Waals surface area contributed by atoms with Crippen molar-refractivity contribution in [3.05, 3.63) is 53.6 Å². The predicted molar refractivity (Wildman–Crippen MR) is 116 cm³/mol. The van der Waals surface area contributed by atoms with Crippen LogP contribution in [0.3, 0.4) is 0 Å². The largest absolute Gasteiger partial charge is 0.495 e. The number of carbonyl (C=O) groups excluding carboxylic acids is 1. The number of nitrogens with one attached hydrogen (secondary N) is 2. The van der Waals surface area contributed by atoms with Crippen molar-refractivity contribution >= 4 is 45.5 Å². The first-order chi connectivity index (χ1) is 13.4. The molecule has 2 N–H and O–H groups in total. The van der Waals surface area contributed by atoms with Gasteiger partial charge in [-0.2, -0.15) is 0 Å². The van der Waals surface area contributed by atoms with E-state index < -0.39 is 0 Å². The number of rotatable bonds is 7. The van der Waals surface area contributed by atoms with Gasteiger partial charge in [0.15, 0.2) is 4.34 Å². The predicted octanol–water partition coefficient (Wildman–Crippen LogP) is 5.03. The van der Waals surface area contributed by atoms with E-state index in [1.165, 1.54) is 28.7 Å². The molecule has 6 nitrogen and oxygen atoms in total. The lowest BCUT2D eigenvalue weighted by Crippen LogP contribution is -2.22. The third-order valence-electron chi connectivity index (χ3n) is 3.94. The molecule has 1 aromatic heterocycles. The number of ether oxygens (including phenoxy) is 1. The Labute approximate surface area is 172 Å². The molecular formula is C20H22N4O2S2. The summed E-state index contributed by atoms with van der Waals surface area (Å²) in [4.78, 5) is 12.6. The average Bonchev–Trinajstić information content (AvgIpc) is 3.08. The lowest BCUT2D eigenvalue weighted by Gasteiger charge is -2.13. The number of aryl methyl sites for hydroxylation is 2. The fourth-order valence-corrected chi connectivity index (χ4v) is 4.43. The summed E-state index contributed by atoms with van der Waals surface area (Å²) in [6.07, 6.45) is 0. The SMILES string of the molecule is COc1ccc(C)cc1NC(=O)[C@H](C)Sc1nnc(Nc2cccc(C)c2)s1. The molecule has 0 unspecified atom stereocenters. The van der Waals surface area contributed by atoms with E-state index >= 15 is 0 Å². The monoisotopic (exact) mass is 414 g/mol. The highest BCUT2D eigenvalue weighted by Gasteiger charge is 2.19. The van der Waals surface area contributed by atoms with E-state index in [0.29, 0.717) is 16.6 Å². The maximum absolute atomic E-state index is 12.6. The van der Waals surface area contributed by atoms with Crippen molar-refractivity contribution < 1.29 is 9.53 Å². The molecule has 0 aliphatic rings. The van der Waals surface area contributed by atoms with Gasteiger partial charge in [0.05, 0.1) is 18.0 Å². The standard InChI is InChI=1S/C20H22N4O2S2/c1-12-6-5-7-15(10-12)21-19-23-24-20(28-19)27-14(3)18(25)22-16-11-13(2)8-9-17(16)26-4/h5-11,14H,1-4H3,(H,21,23)(H,22,25)/t14-/m0/s1. The molecule has 0 bridgehead atoms. The lowest BCUT2D eigenvalue weighted by atomic mass is 10.2. The van der Waals surface area contributed by atoms with Crippen LogP contribution < -0.4 is 15.4 Å². The maximum Gasteiger partial charge on any atom is 0.237 e. The summed E-state index contributed by atoms with van der Waals surface area (Å²) in [6, 6.07) is 13.7.